The van der Waals surface area contributed by atoms with E-state index in [1.807, 2.05) is 12.2 Å². The van der Waals surface area contributed by atoms with E-state index in [4.69, 9.17) is 0 Å². The Labute approximate surface area is 124 Å². The lowest BCUT2D eigenvalue weighted by atomic mass is 9.94. The monoisotopic (exact) mass is 278 g/mol. The molecule has 0 atom stereocenters. The van der Waals surface area contributed by atoms with Gasteiger partial charge in [-0.05, 0) is 54.3 Å². The lowest BCUT2D eigenvalue weighted by molar-refractivity contribution is 0.446. The van der Waals surface area contributed by atoms with Crippen LogP contribution in [0.15, 0.2) is 58.7 Å². The minimum absolute atomic E-state index is 0.0766. The average molecular weight is 278 g/mol. The van der Waals surface area contributed by atoms with E-state index in [0.29, 0.717) is 0 Å². The van der Waals surface area contributed by atoms with E-state index in [9.17, 15) is 10.2 Å². The summed E-state index contributed by atoms with van der Waals surface area (Å²) in [6, 6.07) is 3.10. The first kappa shape index (κ1) is 13.5. The van der Waals surface area contributed by atoms with Crippen molar-refractivity contribution in [3.63, 3.8) is 0 Å². The number of aromatic hydroxyl groups is 2. The quantitative estimate of drug-likeness (QED) is 0.766. The normalized spacial score (nSPS) is 17.2. The maximum Gasteiger partial charge on any atom is 0.127 e. The topological polar surface area (TPSA) is 40.5 Å². The summed E-state index contributed by atoms with van der Waals surface area (Å²) in [6.45, 7) is 6.23. The Morgan fingerprint density at radius 1 is 0.952 bits per heavy atom. The highest BCUT2D eigenvalue weighted by Gasteiger charge is 2.15. The summed E-state index contributed by atoms with van der Waals surface area (Å²) in [4.78, 5) is 0. The zero-order valence-corrected chi connectivity index (χ0v) is 12.4. The van der Waals surface area contributed by atoms with E-state index < -0.39 is 0 Å². The molecule has 0 aromatic heterocycles. The standard InChI is InChI=1S/C19H18O2/c1-11-7-12(2)15-5-4-6-16-17(19(15)13(3)8-11)9-14(20)10-18(16)21/h4-10,20-21H,1-3H3. The predicted molar refractivity (Wildman–Crippen MR) is 86.2 cm³/mol. The van der Waals surface area contributed by atoms with Crippen LogP contribution in [0, 0.1) is 0 Å². The Kier molecular flexibility index (Phi) is 3.09. The third kappa shape index (κ3) is 2.23. The van der Waals surface area contributed by atoms with Gasteiger partial charge in [0.2, 0.25) is 0 Å². The maximum atomic E-state index is 10.1. The molecule has 0 aliphatic heterocycles. The van der Waals surface area contributed by atoms with Crippen molar-refractivity contribution in [3.05, 3.63) is 69.2 Å². The van der Waals surface area contributed by atoms with Gasteiger partial charge in [-0.1, -0.05) is 36.0 Å². The summed E-state index contributed by atoms with van der Waals surface area (Å²) in [7, 11) is 0. The van der Waals surface area contributed by atoms with Gasteiger partial charge in [-0.15, -0.1) is 0 Å². The van der Waals surface area contributed by atoms with Crippen molar-refractivity contribution in [3.8, 4) is 11.5 Å². The third-order valence-corrected chi connectivity index (χ3v) is 3.91. The molecule has 0 heterocycles. The molecule has 2 aliphatic carbocycles. The van der Waals surface area contributed by atoms with Gasteiger partial charge in [0.1, 0.15) is 11.5 Å². The second-order valence-electron chi connectivity index (χ2n) is 5.64. The van der Waals surface area contributed by atoms with Gasteiger partial charge in [0.05, 0.1) is 0 Å². The number of hydrogen-bond acceptors (Lipinski definition) is 2. The third-order valence-electron chi connectivity index (χ3n) is 3.91. The molecule has 2 nitrogen and oxygen atoms in total. The van der Waals surface area contributed by atoms with Crippen molar-refractivity contribution in [1.29, 1.82) is 0 Å². The molecule has 0 unspecified atom stereocenters. The number of benzene rings is 1. The molecule has 0 saturated heterocycles. The van der Waals surface area contributed by atoms with E-state index in [2.05, 4.69) is 39.0 Å². The Morgan fingerprint density at radius 3 is 2.48 bits per heavy atom. The summed E-state index contributed by atoms with van der Waals surface area (Å²) in [5.41, 5.74) is 5.69. The lowest BCUT2D eigenvalue weighted by Gasteiger charge is -2.11. The van der Waals surface area contributed by atoms with Gasteiger partial charge >= 0.3 is 0 Å². The number of allylic oxidation sites excluding steroid dienone is 8. The van der Waals surface area contributed by atoms with Gasteiger partial charge in [0.25, 0.3) is 0 Å². The van der Waals surface area contributed by atoms with Crippen molar-refractivity contribution in [2.45, 2.75) is 20.8 Å². The number of rotatable bonds is 0. The van der Waals surface area contributed by atoms with Crippen molar-refractivity contribution in [1.82, 2.24) is 0 Å². The zero-order chi connectivity index (χ0) is 15.1. The van der Waals surface area contributed by atoms with Crippen molar-refractivity contribution in [2.75, 3.05) is 0 Å². The predicted octanol–water partition coefficient (Wildman–Crippen LogP) is 2.82. The molecule has 0 fully saturated rings. The Bertz CT molecular complexity index is 875. The van der Waals surface area contributed by atoms with Gasteiger partial charge < -0.3 is 10.2 Å². The molecular weight excluding hydrogens is 260 g/mol. The number of hydrogen-bond donors (Lipinski definition) is 2. The minimum Gasteiger partial charge on any atom is -0.508 e. The van der Waals surface area contributed by atoms with Crippen LogP contribution >= 0.6 is 0 Å². The van der Waals surface area contributed by atoms with Crippen LogP contribution in [-0.2, 0) is 0 Å². The first-order valence-electron chi connectivity index (χ1n) is 7.00. The Morgan fingerprint density at radius 2 is 1.71 bits per heavy atom. The van der Waals surface area contributed by atoms with Crippen LogP contribution in [0.4, 0.5) is 0 Å². The van der Waals surface area contributed by atoms with E-state index in [-0.39, 0.29) is 11.5 Å². The Hall–Kier alpha value is -2.48. The van der Waals surface area contributed by atoms with Crippen LogP contribution in [0.5, 0.6) is 11.5 Å². The average Bonchev–Trinajstić information content (AvgIpc) is 2.62. The largest absolute Gasteiger partial charge is 0.508 e. The van der Waals surface area contributed by atoms with Crippen LogP contribution < -0.4 is 10.4 Å². The van der Waals surface area contributed by atoms with Gasteiger partial charge in [-0.25, -0.2) is 0 Å². The SMILES string of the molecule is CC1=CC(C)=C2C=CC=c3c(O)cc(O)cc3=C2C(C)=C1. The Balaban J connectivity index is 2.57. The van der Waals surface area contributed by atoms with Gasteiger partial charge in [0.15, 0.2) is 0 Å². The van der Waals surface area contributed by atoms with E-state index in [0.717, 1.165) is 27.2 Å². The molecule has 21 heavy (non-hydrogen) atoms. The highest BCUT2D eigenvalue weighted by atomic mass is 16.3. The second kappa shape index (κ2) is 4.81. The fourth-order valence-corrected chi connectivity index (χ4v) is 3.10. The molecule has 0 amide bonds. The highest BCUT2D eigenvalue weighted by molar-refractivity contribution is 5.85. The molecule has 2 N–H and O–H groups in total. The summed E-state index contributed by atoms with van der Waals surface area (Å²) in [6.07, 6.45) is 10.2. The number of phenolic OH excluding ortho intramolecular Hbond substituents is 2. The summed E-state index contributed by atoms with van der Waals surface area (Å²) >= 11 is 0. The first-order chi connectivity index (χ1) is 9.97. The molecular formula is C19H18O2. The van der Waals surface area contributed by atoms with Crippen LogP contribution in [-0.4, -0.2) is 10.2 Å². The number of phenols is 2. The molecule has 0 radical (unpaired) electrons. The molecule has 0 spiro atoms. The van der Waals surface area contributed by atoms with Crippen LogP contribution in [0.3, 0.4) is 0 Å². The minimum atomic E-state index is 0.0766. The fraction of sp³-hybridized carbons (Fsp3) is 0.158. The molecule has 2 heteroatoms. The highest BCUT2D eigenvalue weighted by Crippen LogP contribution is 2.30. The fourth-order valence-electron chi connectivity index (χ4n) is 3.10. The molecule has 0 bridgehead atoms. The molecule has 106 valence electrons. The number of fused-ring (bicyclic) bond motifs is 2. The van der Waals surface area contributed by atoms with E-state index in [1.165, 1.54) is 17.2 Å². The van der Waals surface area contributed by atoms with Crippen LogP contribution in [0.25, 0.3) is 11.6 Å². The van der Waals surface area contributed by atoms with Crippen molar-refractivity contribution < 1.29 is 10.2 Å². The van der Waals surface area contributed by atoms with Crippen molar-refractivity contribution in [2.24, 2.45) is 0 Å². The van der Waals surface area contributed by atoms with E-state index in [1.54, 1.807) is 6.07 Å². The molecule has 2 aliphatic rings. The second-order valence-corrected chi connectivity index (χ2v) is 5.64. The van der Waals surface area contributed by atoms with Gasteiger partial charge in [0, 0.05) is 11.3 Å². The lowest BCUT2D eigenvalue weighted by Crippen LogP contribution is -2.27. The molecule has 1 aromatic rings. The van der Waals surface area contributed by atoms with Crippen LogP contribution in [0.1, 0.15) is 20.8 Å². The van der Waals surface area contributed by atoms with Gasteiger partial charge in [-0.3, -0.25) is 0 Å². The first-order valence-corrected chi connectivity index (χ1v) is 7.00. The maximum absolute atomic E-state index is 10.1. The van der Waals surface area contributed by atoms with Crippen LogP contribution in [0.2, 0.25) is 0 Å². The van der Waals surface area contributed by atoms with E-state index >= 15 is 0 Å². The molecule has 1 aromatic carbocycles. The summed E-state index contributed by atoms with van der Waals surface area (Å²) in [5.74, 6) is 0.176. The van der Waals surface area contributed by atoms with Gasteiger partial charge in [-0.2, -0.15) is 0 Å². The zero-order valence-electron chi connectivity index (χ0n) is 12.4. The summed E-state index contributed by atoms with van der Waals surface area (Å²) < 4.78 is 0. The summed E-state index contributed by atoms with van der Waals surface area (Å²) in [5, 5.41) is 21.6. The molecule has 3 rings (SSSR count). The molecule has 0 saturated carbocycles. The van der Waals surface area contributed by atoms with Crippen molar-refractivity contribution >= 4 is 11.6 Å². The smallest absolute Gasteiger partial charge is 0.127 e.